The SMILES string of the molecule is CC[C@H](C)[C@@H]1N=C2c3ccccc3N=C(S[C@H](C)C(=O)Nc3ccccc3C)N2C1=O. The molecule has 4 rings (SSSR count). The van der Waals surface area contributed by atoms with Crippen molar-refractivity contribution in [1.82, 2.24) is 4.90 Å². The number of nitrogens with zero attached hydrogens (tertiary/aromatic N) is 3. The highest BCUT2D eigenvalue weighted by atomic mass is 32.2. The lowest BCUT2D eigenvalue weighted by molar-refractivity contribution is -0.125. The van der Waals surface area contributed by atoms with Crippen LogP contribution in [0.4, 0.5) is 11.4 Å². The van der Waals surface area contributed by atoms with Crippen LogP contribution in [0.15, 0.2) is 58.5 Å². The number of aliphatic imine (C=N–C) groups is 2. The minimum atomic E-state index is -0.444. The van der Waals surface area contributed by atoms with Crippen molar-refractivity contribution in [1.29, 1.82) is 0 Å². The number of para-hydroxylation sites is 2. The van der Waals surface area contributed by atoms with Gasteiger partial charge in [-0.3, -0.25) is 14.6 Å². The number of amides is 2. The minimum Gasteiger partial charge on any atom is -0.325 e. The molecule has 0 radical (unpaired) electrons. The highest BCUT2D eigenvalue weighted by Gasteiger charge is 2.43. The van der Waals surface area contributed by atoms with Gasteiger partial charge >= 0.3 is 0 Å². The summed E-state index contributed by atoms with van der Waals surface area (Å²) in [5.41, 5.74) is 3.40. The molecule has 2 aliphatic heterocycles. The molecule has 0 fully saturated rings. The van der Waals surface area contributed by atoms with Crippen molar-refractivity contribution in [2.24, 2.45) is 15.9 Å². The van der Waals surface area contributed by atoms with E-state index in [2.05, 4.69) is 12.2 Å². The second-order valence-corrected chi connectivity index (χ2v) is 9.24. The highest BCUT2D eigenvalue weighted by molar-refractivity contribution is 8.15. The number of rotatable bonds is 5. The van der Waals surface area contributed by atoms with Crippen LogP contribution >= 0.6 is 11.8 Å². The number of nitrogens with one attached hydrogen (secondary N) is 1. The van der Waals surface area contributed by atoms with E-state index in [1.165, 1.54) is 11.8 Å². The Kier molecular flexibility index (Phi) is 5.96. The molecule has 3 atom stereocenters. The topological polar surface area (TPSA) is 74.1 Å². The van der Waals surface area contributed by atoms with Crippen molar-refractivity contribution < 1.29 is 9.59 Å². The van der Waals surface area contributed by atoms with E-state index < -0.39 is 11.3 Å². The number of fused-ring (bicyclic) bond motifs is 3. The Morgan fingerprint density at radius 2 is 1.87 bits per heavy atom. The molecule has 0 aliphatic carbocycles. The van der Waals surface area contributed by atoms with Crippen LogP contribution in [-0.4, -0.2) is 39.0 Å². The summed E-state index contributed by atoms with van der Waals surface area (Å²) in [5, 5.41) is 3.03. The highest BCUT2D eigenvalue weighted by Crippen LogP contribution is 2.36. The lowest BCUT2D eigenvalue weighted by Gasteiger charge is -2.27. The van der Waals surface area contributed by atoms with Crippen LogP contribution in [0.2, 0.25) is 0 Å². The molecule has 2 aromatic carbocycles. The minimum absolute atomic E-state index is 0.0726. The molecule has 31 heavy (non-hydrogen) atoms. The van der Waals surface area contributed by atoms with E-state index in [0.29, 0.717) is 11.0 Å². The average Bonchev–Trinajstić information content (AvgIpc) is 3.12. The molecule has 1 N–H and O–H groups in total. The van der Waals surface area contributed by atoms with Gasteiger partial charge in [-0.25, -0.2) is 9.89 Å². The Labute approximate surface area is 186 Å². The fourth-order valence-electron chi connectivity index (χ4n) is 3.60. The normalized spacial score (nSPS) is 19.2. The van der Waals surface area contributed by atoms with E-state index in [1.54, 1.807) is 4.90 Å². The van der Waals surface area contributed by atoms with Crippen molar-refractivity contribution >= 4 is 46.0 Å². The Balaban J connectivity index is 1.61. The van der Waals surface area contributed by atoms with Crippen molar-refractivity contribution in [2.45, 2.75) is 45.4 Å². The lowest BCUT2D eigenvalue weighted by Crippen LogP contribution is -2.43. The Hall–Kier alpha value is -2.93. The number of anilines is 1. The standard InChI is InChI=1S/C24H26N4O2S/c1-5-14(2)20-23(30)28-21(27-20)17-11-7-9-13-19(17)26-24(28)31-16(4)22(29)25-18-12-8-6-10-15(18)3/h6-14,16,20H,5H2,1-4H3,(H,25,29)/t14-,16+,20-/m0/s1. The van der Waals surface area contributed by atoms with E-state index in [4.69, 9.17) is 9.98 Å². The van der Waals surface area contributed by atoms with Gasteiger partial charge in [-0.1, -0.05) is 62.4 Å². The zero-order valence-corrected chi connectivity index (χ0v) is 18.9. The molecule has 0 unspecified atom stereocenters. The lowest BCUT2D eigenvalue weighted by atomic mass is 10.00. The third kappa shape index (κ3) is 4.02. The second kappa shape index (κ2) is 8.67. The molecule has 0 aromatic heterocycles. The zero-order chi connectivity index (χ0) is 22.1. The van der Waals surface area contributed by atoms with Crippen LogP contribution in [-0.2, 0) is 9.59 Å². The van der Waals surface area contributed by atoms with Gasteiger partial charge in [0.1, 0.15) is 11.9 Å². The summed E-state index contributed by atoms with van der Waals surface area (Å²) >= 11 is 1.28. The molecule has 0 bridgehead atoms. The third-order valence-corrected chi connectivity index (χ3v) is 6.79. The molecule has 0 saturated carbocycles. The number of hydrogen-bond donors (Lipinski definition) is 1. The number of hydrogen-bond acceptors (Lipinski definition) is 5. The van der Waals surface area contributed by atoms with Gasteiger partial charge in [0, 0.05) is 11.3 Å². The van der Waals surface area contributed by atoms with E-state index in [9.17, 15) is 9.59 Å². The maximum absolute atomic E-state index is 13.3. The van der Waals surface area contributed by atoms with Gasteiger partial charge in [-0.15, -0.1) is 0 Å². The molecule has 2 amide bonds. The maximum Gasteiger partial charge on any atom is 0.259 e. The van der Waals surface area contributed by atoms with Gasteiger partial charge in [-0.2, -0.15) is 0 Å². The van der Waals surface area contributed by atoms with Crippen LogP contribution in [0.25, 0.3) is 0 Å². The predicted octanol–water partition coefficient (Wildman–Crippen LogP) is 4.76. The third-order valence-electron chi connectivity index (χ3n) is 5.74. The average molecular weight is 435 g/mol. The van der Waals surface area contributed by atoms with Gasteiger partial charge in [0.05, 0.1) is 10.9 Å². The van der Waals surface area contributed by atoms with Crippen LogP contribution in [0.5, 0.6) is 0 Å². The van der Waals surface area contributed by atoms with Crippen LogP contribution in [0.3, 0.4) is 0 Å². The summed E-state index contributed by atoms with van der Waals surface area (Å²) in [4.78, 5) is 37.2. The summed E-state index contributed by atoms with van der Waals surface area (Å²) in [6.45, 7) is 7.88. The molecule has 0 saturated heterocycles. The molecule has 7 heteroatoms. The number of carbonyl (C=O) groups is 2. The largest absolute Gasteiger partial charge is 0.325 e. The predicted molar refractivity (Wildman–Crippen MR) is 127 cm³/mol. The second-order valence-electron chi connectivity index (χ2n) is 7.93. The molecule has 0 spiro atoms. The zero-order valence-electron chi connectivity index (χ0n) is 18.1. The van der Waals surface area contributed by atoms with Crippen LogP contribution in [0, 0.1) is 12.8 Å². The molecular weight excluding hydrogens is 408 g/mol. The number of carbonyl (C=O) groups excluding carboxylic acids is 2. The Morgan fingerprint density at radius 3 is 2.61 bits per heavy atom. The molecule has 2 aliphatic rings. The summed E-state index contributed by atoms with van der Waals surface area (Å²) in [7, 11) is 0. The van der Waals surface area contributed by atoms with Gasteiger partial charge in [-0.05, 0) is 43.5 Å². The number of aryl methyl sites for hydroxylation is 1. The van der Waals surface area contributed by atoms with Gasteiger partial charge in [0.15, 0.2) is 5.17 Å². The van der Waals surface area contributed by atoms with Crippen molar-refractivity contribution in [2.75, 3.05) is 5.32 Å². The van der Waals surface area contributed by atoms with Crippen molar-refractivity contribution in [3.63, 3.8) is 0 Å². The maximum atomic E-state index is 13.3. The quantitative estimate of drug-likeness (QED) is 0.737. The summed E-state index contributed by atoms with van der Waals surface area (Å²) in [6, 6.07) is 14.9. The van der Waals surface area contributed by atoms with E-state index in [0.717, 1.165) is 28.9 Å². The first-order valence-electron chi connectivity index (χ1n) is 10.5. The van der Waals surface area contributed by atoms with Crippen molar-refractivity contribution in [3.05, 3.63) is 59.7 Å². The van der Waals surface area contributed by atoms with Crippen LogP contribution in [0.1, 0.15) is 38.3 Å². The van der Waals surface area contributed by atoms with Crippen molar-refractivity contribution in [3.8, 4) is 0 Å². The first-order chi connectivity index (χ1) is 14.9. The van der Waals surface area contributed by atoms with E-state index in [1.807, 2.05) is 69.3 Å². The molecule has 160 valence electrons. The van der Waals surface area contributed by atoms with Gasteiger partial charge in [0.2, 0.25) is 5.91 Å². The molecular formula is C24H26N4O2S. The first-order valence-corrected chi connectivity index (χ1v) is 11.4. The summed E-state index contributed by atoms with van der Waals surface area (Å²) in [6.07, 6.45) is 0.859. The smallest absolute Gasteiger partial charge is 0.259 e. The fourth-order valence-corrected chi connectivity index (χ4v) is 4.52. The van der Waals surface area contributed by atoms with Gasteiger partial charge in [0.25, 0.3) is 5.91 Å². The van der Waals surface area contributed by atoms with E-state index >= 15 is 0 Å². The van der Waals surface area contributed by atoms with Crippen LogP contribution < -0.4 is 5.32 Å². The monoisotopic (exact) mass is 434 g/mol. The number of thioether (sulfide) groups is 1. The van der Waals surface area contributed by atoms with Gasteiger partial charge < -0.3 is 5.32 Å². The molecule has 2 aromatic rings. The fraction of sp³-hybridized carbons (Fsp3) is 0.333. The summed E-state index contributed by atoms with van der Waals surface area (Å²) < 4.78 is 0. The van der Waals surface area contributed by atoms with E-state index in [-0.39, 0.29) is 17.7 Å². The number of amidine groups is 2. The summed E-state index contributed by atoms with van der Waals surface area (Å²) in [5.74, 6) is 0.557. The Morgan fingerprint density at radius 1 is 1.16 bits per heavy atom. The molecule has 2 heterocycles. The Bertz CT molecular complexity index is 1090. The number of benzene rings is 2. The first kappa shape index (κ1) is 21.3. The molecule has 6 nitrogen and oxygen atoms in total.